The van der Waals surface area contributed by atoms with E-state index in [1.807, 2.05) is 23.8 Å². The van der Waals surface area contributed by atoms with E-state index in [1.54, 1.807) is 13.0 Å². The fourth-order valence-electron chi connectivity index (χ4n) is 1.77. The molecule has 3 nitrogen and oxygen atoms in total. The van der Waals surface area contributed by atoms with Crippen molar-refractivity contribution in [1.82, 2.24) is 9.66 Å². The smallest absolute Gasteiger partial charge is 0.143 e. The molecule has 0 aliphatic rings. The van der Waals surface area contributed by atoms with E-state index in [0.29, 0.717) is 22.8 Å². The predicted molar refractivity (Wildman–Crippen MR) is 64.1 cm³/mol. The zero-order valence-electron chi connectivity index (χ0n) is 9.46. The Bertz CT molecular complexity index is 533. The lowest BCUT2D eigenvalue weighted by molar-refractivity contribution is 0.620. The molecule has 0 aliphatic heterocycles. The molecule has 0 bridgehead atoms. The average molecular weight is 242 g/mol. The van der Waals surface area contributed by atoms with Crippen molar-refractivity contribution in [3.8, 4) is 0 Å². The summed E-state index contributed by atoms with van der Waals surface area (Å²) in [7, 11) is 3.80. The van der Waals surface area contributed by atoms with Gasteiger partial charge in [-0.15, -0.1) is 11.6 Å². The standard InChI is InChI=1S/C11H13ClFN3/c1-7-4-10-9(5-8(7)13)14-11(6-12)16(10)15(2)3/h4-5H,6H2,1-3H3. The Balaban J connectivity index is 2.79. The van der Waals surface area contributed by atoms with Gasteiger partial charge in [0, 0.05) is 20.2 Å². The number of halogens is 2. The van der Waals surface area contributed by atoms with E-state index in [0.717, 1.165) is 5.52 Å². The van der Waals surface area contributed by atoms with Crippen LogP contribution in [0.2, 0.25) is 0 Å². The molecule has 0 N–H and O–H groups in total. The maximum Gasteiger partial charge on any atom is 0.143 e. The normalized spacial score (nSPS) is 11.1. The molecule has 0 atom stereocenters. The highest BCUT2D eigenvalue weighted by atomic mass is 35.5. The van der Waals surface area contributed by atoms with E-state index < -0.39 is 0 Å². The van der Waals surface area contributed by atoms with Gasteiger partial charge < -0.3 is 5.01 Å². The summed E-state index contributed by atoms with van der Waals surface area (Å²) in [6.45, 7) is 1.74. The summed E-state index contributed by atoms with van der Waals surface area (Å²) in [4.78, 5) is 4.30. The predicted octanol–water partition coefficient (Wildman–Crippen LogP) is 2.42. The minimum atomic E-state index is -0.239. The number of hydrogen-bond acceptors (Lipinski definition) is 2. The van der Waals surface area contributed by atoms with Crippen molar-refractivity contribution in [2.45, 2.75) is 12.8 Å². The maximum atomic E-state index is 13.4. The zero-order chi connectivity index (χ0) is 11.9. The first-order chi connectivity index (χ1) is 7.54. The molecule has 0 amide bonds. The summed E-state index contributed by atoms with van der Waals surface area (Å²) in [5.74, 6) is 0.775. The molecular weight excluding hydrogens is 229 g/mol. The highest BCUT2D eigenvalue weighted by Gasteiger charge is 2.13. The molecule has 86 valence electrons. The third-order valence-corrected chi connectivity index (χ3v) is 2.74. The lowest BCUT2D eigenvalue weighted by Crippen LogP contribution is -2.26. The SMILES string of the molecule is Cc1cc2c(cc1F)nc(CCl)n2N(C)C. The Labute approximate surface area is 98.4 Å². The van der Waals surface area contributed by atoms with E-state index >= 15 is 0 Å². The molecule has 0 fully saturated rings. The second-order valence-corrected chi connectivity index (χ2v) is 4.18. The van der Waals surface area contributed by atoms with Crippen LogP contribution in [0.3, 0.4) is 0 Å². The maximum absolute atomic E-state index is 13.4. The zero-order valence-corrected chi connectivity index (χ0v) is 10.2. The molecule has 1 aromatic heterocycles. The molecule has 2 rings (SSSR count). The highest BCUT2D eigenvalue weighted by molar-refractivity contribution is 6.16. The Morgan fingerprint density at radius 3 is 2.69 bits per heavy atom. The van der Waals surface area contributed by atoms with Crippen molar-refractivity contribution in [2.24, 2.45) is 0 Å². The quantitative estimate of drug-likeness (QED) is 0.753. The number of nitrogens with zero attached hydrogens (tertiary/aromatic N) is 3. The fraction of sp³-hybridized carbons (Fsp3) is 0.364. The summed E-state index contributed by atoms with van der Waals surface area (Å²) >= 11 is 5.82. The second kappa shape index (κ2) is 3.94. The van der Waals surface area contributed by atoms with E-state index in [-0.39, 0.29) is 5.82 Å². The van der Waals surface area contributed by atoms with Gasteiger partial charge in [0.25, 0.3) is 0 Å². The van der Waals surface area contributed by atoms with Gasteiger partial charge in [-0.2, -0.15) is 0 Å². The fourth-order valence-corrected chi connectivity index (χ4v) is 1.95. The molecule has 2 aromatic rings. The minimum absolute atomic E-state index is 0.239. The molecular formula is C11H13ClFN3. The average Bonchev–Trinajstić information content (AvgIpc) is 2.56. The topological polar surface area (TPSA) is 21.1 Å². The van der Waals surface area contributed by atoms with Gasteiger partial charge in [0.1, 0.15) is 11.6 Å². The number of aromatic nitrogens is 2. The Kier molecular flexibility index (Phi) is 2.76. The molecule has 0 aliphatic carbocycles. The van der Waals surface area contributed by atoms with Crippen molar-refractivity contribution < 1.29 is 4.39 Å². The van der Waals surface area contributed by atoms with E-state index in [4.69, 9.17) is 11.6 Å². The van der Waals surface area contributed by atoms with Crippen LogP contribution >= 0.6 is 11.6 Å². The molecule has 1 aromatic carbocycles. The van der Waals surface area contributed by atoms with Crippen LogP contribution in [0.15, 0.2) is 12.1 Å². The summed E-state index contributed by atoms with van der Waals surface area (Å²) in [5.41, 5.74) is 2.11. The number of benzene rings is 1. The van der Waals surface area contributed by atoms with Crippen LogP contribution in [0.1, 0.15) is 11.4 Å². The van der Waals surface area contributed by atoms with Crippen molar-refractivity contribution in [3.05, 3.63) is 29.3 Å². The van der Waals surface area contributed by atoms with Gasteiger partial charge in [0.05, 0.1) is 16.9 Å². The largest absolute Gasteiger partial charge is 0.317 e. The van der Waals surface area contributed by atoms with E-state index in [2.05, 4.69) is 4.98 Å². The minimum Gasteiger partial charge on any atom is -0.317 e. The molecule has 0 radical (unpaired) electrons. The third-order valence-electron chi connectivity index (χ3n) is 2.50. The van der Waals surface area contributed by atoms with Crippen molar-refractivity contribution >= 4 is 22.6 Å². The molecule has 0 unspecified atom stereocenters. The van der Waals surface area contributed by atoms with Crippen molar-refractivity contribution in [1.29, 1.82) is 0 Å². The molecule has 0 saturated carbocycles. The molecule has 0 spiro atoms. The van der Waals surface area contributed by atoms with Crippen LogP contribution < -0.4 is 5.01 Å². The summed E-state index contributed by atoms with van der Waals surface area (Å²) < 4.78 is 15.3. The van der Waals surface area contributed by atoms with Gasteiger partial charge in [-0.05, 0) is 18.6 Å². The molecule has 1 heterocycles. The van der Waals surface area contributed by atoms with Gasteiger partial charge in [0.2, 0.25) is 0 Å². The Morgan fingerprint density at radius 2 is 2.12 bits per heavy atom. The molecule has 0 saturated heterocycles. The lowest BCUT2D eigenvalue weighted by Gasteiger charge is -2.17. The molecule has 5 heteroatoms. The number of hydrogen-bond donors (Lipinski definition) is 0. The first-order valence-corrected chi connectivity index (χ1v) is 5.49. The first kappa shape index (κ1) is 11.2. The van der Waals surface area contributed by atoms with Crippen molar-refractivity contribution in [2.75, 3.05) is 19.1 Å². The number of imidazole rings is 1. The number of aryl methyl sites for hydroxylation is 1. The summed E-state index contributed by atoms with van der Waals surface area (Å²) in [6.07, 6.45) is 0. The molecule has 16 heavy (non-hydrogen) atoms. The van der Waals surface area contributed by atoms with Gasteiger partial charge in [0.15, 0.2) is 0 Å². The van der Waals surface area contributed by atoms with Crippen LogP contribution in [-0.4, -0.2) is 23.8 Å². The van der Waals surface area contributed by atoms with Crippen LogP contribution in [0, 0.1) is 12.7 Å². The Morgan fingerprint density at radius 1 is 1.44 bits per heavy atom. The van der Waals surface area contributed by atoms with Crippen LogP contribution in [-0.2, 0) is 5.88 Å². The third kappa shape index (κ3) is 1.63. The number of alkyl halides is 1. The van der Waals surface area contributed by atoms with E-state index in [1.165, 1.54) is 6.07 Å². The summed E-state index contributed by atoms with van der Waals surface area (Å²) in [6, 6.07) is 3.23. The van der Waals surface area contributed by atoms with Gasteiger partial charge in [-0.25, -0.2) is 14.1 Å². The van der Waals surface area contributed by atoms with Gasteiger partial charge in [-0.3, -0.25) is 0 Å². The van der Waals surface area contributed by atoms with Crippen molar-refractivity contribution in [3.63, 3.8) is 0 Å². The van der Waals surface area contributed by atoms with Crippen LogP contribution in [0.25, 0.3) is 11.0 Å². The van der Waals surface area contributed by atoms with Crippen LogP contribution in [0.5, 0.6) is 0 Å². The number of rotatable bonds is 2. The van der Waals surface area contributed by atoms with E-state index in [9.17, 15) is 4.39 Å². The lowest BCUT2D eigenvalue weighted by atomic mass is 10.2. The van der Waals surface area contributed by atoms with Gasteiger partial charge in [-0.1, -0.05) is 0 Å². The summed E-state index contributed by atoms with van der Waals surface area (Å²) in [5, 5.41) is 1.88. The monoisotopic (exact) mass is 241 g/mol. The highest BCUT2D eigenvalue weighted by Crippen LogP contribution is 2.21. The first-order valence-electron chi connectivity index (χ1n) is 4.95. The van der Waals surface area contributed by atoms with Crippen LogP contribution in [0.4, 0.5) is 4.39 Å². The Hall–Kier alpha value is -1.29. The van der Waals surface area contributed by atoms with Gasteiger partial charge >= 0.3 is 0 Å². The number of fused-ring (bicyclic) bond motifs is 1. The second-order valence-electron chi connectivity index (χ2n) is 3.91.